The van der Waals surface area contributed by atoms with Crippen LogP contribution >= 0.6 is 0 Å². The molecular formula is C22H16N2O10S2. The number of carbonyl (C=O) groups excluding carboxylic acids is 2. The number of sulfonamides is 2. The van der Waals surface area contributed by atoms with Gasteiger partial charge in [-0.1, -0.05) is 36.4 Å². The summed E-state index contributed by atoms with van der Waals surface area (Å²) >= 11 is 0. The van der Waals surface area contributed by atoms with Crippen molar-refractivity contribution in [3.8, 4) is 0 Å². The zero-order chi connectivity index (χ0) is 26.7. The van der Waals surface area contributed by atoms with Crippen molar-refractivity contribution < 1.29 is 46.2 Å². The number of fused-ring (bicyclic) bond motifs is 2. The number of carboxylic acids is 2. The lowest BCUT2D eigenvalue weighted by Gasteiger charge is -1.98. The summed E-state index contributed by atoms with van der Waals surface area (Å²) in [7, 11) is -7.11. The third kappa shape index (κ3) is 5.39. The zero-order valence-electron chi connectivity index (χ0n) is 17.9. The molecule has 2 aliphatic heterocycles. The second kappa shape index (κ2) is 9.97. The first kappa shape index (κ1) is 26.1. The van der Waals surface area contributed by atoms with E-state index in [1.54, 1.807) is 24.3 Å². The van der Waals surface area contributed by atoms with Crippen LogP contribution in [0, 0.1) is 0 Å². The molecule has 0 saturated heterocycles. The van der Waals surface area contributed by atoms with Crippen molar-refractivity contribution in [1.82, 2.24) is 9.44 Å². The van der Waals surface area contributed by atoms with Gasteiger partial charge < -0.3 is 10.2 Å². The predicted octanol–water partition coefficient (Wildman–Crippen LogP) is 1.32. The van der Waals surface area contributed by atoms with Gasteiger partial charge in [0.1, 0.15) is 9.79 Å². The normalized spacial score (nSPS) is 15.4. The molecule has 12 nitrogen and oxygen atoms in total. The number of carbonyl (C=O) groups is 4. The monoisotopic (exact) mass is 532 g/mol. The van der Waals surface area contributed by atoms with Crippen LogP contribution < -0.4 is 9.44 Å². The minimum absolute atomic E-state index is 0.0648. The van der Waals surface area contributed by atoms with Gasteiger partial charge in [-0.3, -0.25) is 9.59 Å². The lowest BCUT2D eigenvalue weighted by atomic mass is 10.1. The molecule has 0 aromatic heterocycles. The van der Waals surface area contributed by atoms with E-state index in [0.29, 0.717) is 0 Å². The van der Waals surface area contributed by atoms with Crippen LogP contribution in [0.3, 0.4) is 0 Å². The highest BCUT2D eigenvalue weighted by atomic mass is 32.2. The summed E-state index contributed by atoms with van der Waals surface area (Å²) in [6, 6.07) is 17.7. The molecule has 5 rings (SSSR count). The molecule has 36 heavy (non-hydrogen) atoms. The molecule has 0 saturated carbocycles. The average molecular weight is 533 g/mol. The smallest absolute Gasteiger partial charge is 0.336 e. The maximum absolute atomic E-state index is 11.1. The Morgan fingerprint density at radius 3 is 1.17 bits per heavy atom. The van der Waals surface area contributed by atoms with E-state index in [1.807, 2.05) is 9.44 Å². The summed E-state index contributed by atoms with van der Waals surface area (Å²) < 4.78 is 48.3. The fourth-order valence-corrected chi connectivity index (χ4v) is 5.44. The van der Waals surface area contributed by atoms with Crippen LogP contribution in [0.25, 0.3) is 0 Å². The largest absolute Gasteiger partial charge is 0.478 e. The molecular weight excluding hydrogens is 516 g/mol. The molecule has 0 spiro atoms. The molecule has 3 aromatic rings. The van der Waals surface area contributed by atoms with Crippen molar-refractivity contribution >= 4 is 43.8 Å². The molecule has 0 unspecified atom stereocenters. The summed E-state index contributed by atoms with van der Waals surface area (Å²) in [5.74, 6) is -3.56. The topological polar surface area (TPSA) is 201 Å². The van der Waals surface area contributed by atoms with E-state index in [1.165, 1.54) is 48.5 Å². The number of rotatable bonds is 2. The molecule has 2 aliphatic rings. The molecule has 0 radical (unpaired) electrons. The van der Waals surface area contributed by atoms with E-state index in [0.717, 1.165) is 0 Å². The maximum Gasteiger partial charge on any atom is 0.336 e. The van der Waals surface area contributed by atoms with E-state index in [-0.39, 0.29) is 32.0 Å². The Hall–Kier alpha value is -4.56. The summed E-state index contributed by atoms with van der Waals surface area (Å²) in [6.07, 6.45) is 0. The molecule has 0 aliphatic carbocycles. The number of nitrogens with one attached hydrogen (secondary N) is 2. The zero-order valence-corrected chi connectivity index (χ0v) is 19.5. The standard InChI is InChI=1S/C8H6O4.2C7H5NO3S/c9-7(10)5-3-1-2-4-6(5)8(11)12;2*9-7-5-3-1-2-4-6(5)12(10,11)8-7/h1-4H,(H,9,10)(H,11,12);2*1-4H,(H,8,9). The number of hydrogen-bond acceptors (Lipinski definition) is 8. The van der Waals surface area contributed by atoms with Gasteiger partial charge in [-0.2, -0.15) is 0 Å². The Balaban J connectivity index is 0.000000150. The van der Waals surface area contributed by atoms with Gasteiger partial charge in [0.05, 0.1) is 22.3 Å². The number of amides is 2. The van der Waals surface area contributed by atoms with Crippen molar-refractivity contribution in [1.29, 1.82) is 0 Å². The van der Waals surface area contributed by atoms with Crippen molar-refractivity contribution in [3.05, 3.63) is 95.1 Å². The molecule has 0 bridgehead atoms. The molecule has 4 N–H and O–H groups in total. The Morgan fingerprint density at radius 2 is 0.861 bits per heavy atom. The van der Waals surface area contributed by atoms with E-state index in [4.69, 9.17) is 10.2 Å². The molecule has 14 heteroatoms. The van der Waals surface area contributed by atoms with E-state index >= 15 is 0 Å². The van der Waals surface area contributed by atoms with Crippen LogP contribution in [-0.4, -0.2) is 50.8 Å². The van der Waals surface area contributed by atoms with Gasteiger partial charge in [-0.25, -0.2) is 35.9 Å². The van der Waals surface area contributed by atoms with Crippen LogP contribution in [0.5, 0.6) is 0 Å². The number of aromatic carboxylic acids is 2. The van der Waals surface area contributed by atoms with Gasteiger partial charge in [0.15, 0.2) is 0 Å². The van der Waals surface area contributed by atoms with Crippen molar-refractivity contribution in [3.63, 3.8) is 0 Å². The number of carboxylic acid groups (broad SMARTS) is 2. The molecule has 2 amide bonds. The van der Waals surface area contributed by atoms with Gasteiger partial charge in [0, 0.05) is 0 Å². The molecule has 3 aromatic carbocycles. The average Bonchev–Trinajstić information content (AvgIpc) is 3.22. The summed E-state index contributed by atoms with van der Waals surface area (Å²) in [5.41, 5.74) is 0.0602. The lowest BCUT2D eigenvalue weighted by molar-refractivity contribution is 0.0651. The Labute approximate surface area is 204 Å². The first-order chi connectivity index (χ1) is 16.8. The summed E-state index contributed by atoms with van der Waals surface area (Å²) in [5, 5.41) is 17.1. The van der Waals surface area contributed by atoms with Crippen LogP contribution in [0.4, 0.5) is 0 Å². The Morgan fingerprint density at radius 1 is 0.556 bits per heavy atom. The quantitative estimate of drug-likeness (QED) is 0.373. The van der Waals surface area contributed by atoms with Crippen molar-refractivity contribution in [2.24, 2.45) is 0 Å². The van der Waals surface area contributed by atoms with Crippen molar-refractivity contribution in [2.45, 2.75) is 9.79 Å². The second-order valence-electron chi connectivity index (χ2n) is 7.02. The fraction of sp³-hybridized carbons (Fsp3) is 0. The predicted molar refractivity (Wildman–Crippen MR) is 123 cm³/mol. The van der Waals surface area contributed by atoms with Gasteiger partial charge >= 0.3 is 11.9 Å². The SMILES string of the molecule is O=C(O)c1ccccc1C(=O)O.O=C1NS(=O)(=O)c2ccccc21.O=C1NS(=O)(=O)c2ccccc21. The van der Waals surface area contributed by atoms with E-state index in [9.17, 15) is 36.0 Å². The van der Waals surface area contributed by atoms with Gasteiger partial charge in [-0.15, -0.1) is 0 Å². The Kier molecular flexibility index (Phi) is 7.22. The molecule has 186 valence electrons. The number of benzene rings is 3. The first-order valence-electron chi connectivity index (χ1n) is 9.73. The van der Waals surface area contributed by atoms with Gasteiger partial charge in [-0.05, 0) is 36.4 Å². The van der Waals surface area contributed by atoms with Crippen LogP contribution in [0.15, 0.2) is 82.6 Å². The van der Waals surface area contributed by atoms with Gasteiger partial charge in [0.2, 0.25) is 0 Å². The van der Waals surface area contributed by atoms with Crippen LogP contribution in [0.2, 0.25) is 0 Å². The highest BCUT2D eigenvalue weighted by Crippen LogP contribution is 2.21. The summed E-state index contributed by atoms with van der Waals surface area (Å²) in [6.45, 7) is 0. The first-order valence-corrected chi connectivity index (χ1v) is 12.7. The molecule has 2 heterocycles. The minimum atomic E-state index is -3.55. The minimum Gasteiger partial charge on any atom is -0.478 e. The van der Waals surface area contributed by atoms with Crippen molar-refractivity contribution in [2.75, 3.05) is 0 Å². The fourth-order valence-electron chi connectivity index (χ4n) is 3.10. The third-order valence-electron chi connectivity index (χ3n) is 4.68. The van der Waals surface area contributed by atoms with E-state index in [2.05, 4.69) is 0 Å². The maximum atomic E-state index is 11.1. The molecule has 0 atom stereocenters. The second-order valence-corrected chi connectivity index (χ2v) is 10.3. The lowest BCUT2D eigenvalue weighted by Crippen LogP contribution is -2.20. The molecule has 0 fully saturated rings. The summed E-state index contributed by atoms with van der Waals surface area (Å²) in [4.78, 5) is 43.0. The van der Waals surface area contributed by atoms with E-state index < -0.39 is 43.8 Å². The Bertz CT molecular complexity index is 1490. The van der Waals surface area contributed by atoms with Crippen LogP contribution in [-0.2, 0) is 20.0 Å². The highest BCUT2D eigenvalue weighted by Gasteiger charge is 2.32. The third-order valence-corrected chi connectivity index (χ3v) is 7.46. The highest BCUT2D eigenvalue weighted by molar-refractivity contribution is 7.91. The van der Waals surface area contributed by atoms with Gasteiger partial charge in [0.25, 0.3) is 31.9 Å². The van der Waals surface area contributed by atoms with Crippen LogP contribution in [0.1, 0.15) is 41.4 Å². The number of hydrogen-bond donors (Lipinski definition) is 4.